The summed E-state index contributed by atoms with van der Waals surface area (Å²) in [7, 11) is 0. The van der Waals surface area contributed by atoms with Crippen LogP contribution in [0.2, 0.25) is 0 Å². The molecule has 0 aromatic rings. The van der Waals surface area contributed by atoms with E-state index < -0.39 is 0 Å². The molecule has 0 unspecified atom stereocenters. The van der Waals surface area contributed by atoms with Crippen molar-refractivity contribution in [1.82, 2.24) is 5.06 Å². The van der Waals surface area contributed by atoms with Gasteiger partial charge in [0, 0.05) is 4.24 Å². The summed E-state index contributed by atoms with van der Waals surface area (Å²) < 4.78 is 1.02. The van der Waals surface area contributed by atoms with Crippen LogP contribution in [0.4, 0.5) is 0 Å². The molecule has 3 nitrogen and oxygen atoms in total. The first-order valence-corrected chi connectivity index (χ1v) is 9.42. The topological polar surface area (TPSA) is 29.5 Å². The molecule has 0 spiro atoms. The Kier molecular flexibility index (Phi) is 6.05. The summed E-state index contributed by atoms with van der Waals surface area (Å²) in [6.45, 7) is 10.4. The van der Waals surface area contributed by atoms with E-state index in [4.69, 9.17) is 4.84 Å². The Labute approximate surface area is 131 Å². The molecule has 0 aromatic carbocycles. The monoisotopic (exact) mass is 317 g/mol. The van der Waals surface area contributed by atoms with E-state index in [0.29, 0.717) is 5.57 Å². The van der Waals surface area contributed by atoms with Crippen molar-refractivity contribution in [3.8, 4) is 0 Å². The van der Waals surface area contributed by atoms with Crippen molar-refractivity contribution in [2.45, 2.75) is 65.0 Å². The van der Waals surface area contributed by atoms with Crippen LogP contribution in [0.25, 0.3) is 0 Å². The summed E-state index contributed by atoms with van der Waals surface area (Å²) in [5, 5.41) is 1.91. The third kappa shape index (κ3) is 3.95. The van der Waals surface area contributed by atoms with Gasteiger partial charge in [0.15, 0.2) is 0 Å². The second kappa shape index (κ2) is 6.75. The van der Waals surface area contributed by atoms with Crippen LogP contribution >= 0.6 is 23.5 Å². The van der Waals surface area contributed by atoms with Gasteiger partial charge in [0.25, 0.3) is 0 Å². The lowest BCUT2D eigenvalue weighted by atomic mass is 9.82. The highest BCUT2D eigenvalue weighted by molar-refractivity contribution is 8.21. The maximum atomic E-state index is 12.4. The van der Waals surface area contributed by atoms with Gasteiger partial charge in [-0.05, 0) is 66.4 Å². The SMILES string of the molecule is CSC(SC)=C(C)C(=O)ON1C(C)(C)CCCC1(C)C. The molecule has 0 amide bonds. The number of nitrogens with zero attached hydrogens (tertiary/aromatic N) is 1. The molecule has 20 heavy (non-hydrogen) atoms. The summed E-state index contributed by atoms with van der Waals surface area (Å²) in [4.78, 5) is 18.2. The molecule has 0 aliphatic carbocycles. The number of rotatable bonds is 4. The molecule has 0 saturated carbocycles. The summed E-state index contributed by atoms with van der Waals surface area (Å²) in [5.74, 6) is -0.230. The Bertz CT molecular complexity index is 381. The Hall–Kier alpha value is -0.130. The Morgan fingerprint density at radius 2 is 1.50 bits per heavy atom. The predicted molar refractivity (Wildman–Crippen MR) is 89.7 cm³/mol. The molecular weight excluding hydrogens is 290 g/mol. The average Bonchev–Trinajstić information content (AvgIpc) is 2.34. The van der Waals surface area contributed by atoms with Crippen LogP contribution in [0.5, 0.6) is 0 Å². The van der Waals surface area contributed by atoms with Gasteiger partial charge in [-0.25, -0.2) is 4.79 Å². The van der Waals surface area contributed by atoms with Crippen molar-refractivity contribution in [3.63, 3.8) is 0 Å². The molecule has 5 heteroatoms. The van der Waals surface area contributed by atoms with Crippen molar-refractivity contribution in [2.24, 2.45) is 0 Å². The lowest BCUT2D eigenvalue weighted by molar-refractivity contribution is -0.262. The molecule has 1 rings (SSSR count). The first-order valence-electron chi connectivity index (χ1n) is 6.97. The van der Waals surface area contributed by atoms with Gasteiger partial charge in [0.2, 0.25) is 0 Å². The Balaban J connectivity index is 2.95. The van der Waals surface area contributed by atoms with Crippen LogP contribution in [0, 0.1) is 0 Å². The van der Waals surface area contributed by atoms with E-state index in [9.17, 15) is 4.79 Å². The van der Waals surface area contributed by atoms with Gasteiger partial charge in [0.05, 0.1) is 16.7 Å². The maximum absolute atomic E-state index is 12.4. The smallest absolute Gasteiger partial charge is 0.354 e. The summed E-state index contributed by atoms with van der Waals surface area (Å²) in [6, 6.07) is 0. The highest BCUT2D eigenvalue weighted by Gasteiger charge is 2.44. The van der Waals surface area contributed by atoms with Gasteiger partial charge >= 0.3 is 5.97 Å². The van der Waals surface area contributed by atoms with Crippen LogP contribution in [-0.4, -0.2) is 34.6 Å². The van der Waals surface area contributed by atoms with E-state index in [-0.39, 0.29) is 17.0 Å². The van der Waals surface area contributed by atoms with Crippen molar-refractivity contribution in [2.75, 3.05) is 12.5 Å². The molecule has 1 heterocycles. The molecule has 1 saturated heterocycles. The maximum Gasteiger partial charge on any atom is 0.354 e. The van der Waals surface area contributed by atoms with E-state index in [1.807, 2.05) is 24.5 Å². The summed E-state index contributed by atoms with van der Waals surface area (Å²) in [6.07, 6.45) is 7.23. The van der Waals surface area contributed by atoms with Gasteiger partial charge < -0.3 is 4.84 Å². The number of carbonyl (C=O) groups is 1. The highest BCUT2D eigenvalue weighted by Crippen LogP contribution is 2.39. The Morgan fingerprint density at radius 3 is 1.90 bits per heavy atom. The minimum Gasteiger partial charge on any atom is -0.363 e. The standard InChI is InChI=1S/C15H27NO2S2/c1-11(13(19-6)20-7)12(17)18-16-14(2,3)9-8-10-15(16,4)5/h8-10H2,1-7H3. The number of hydroxylamine groups is 2. The first-order chi connectivity index (χ1) is 9.15. The average molecular weight is 318 g/mol. The van der Waals surface area contributed by atoms with Crippen LogP contribution < -0.4 is 0 Å². The molecule has 0 atom stereocenters. The van der Waals surface area contributed by atoms with Crippen LogP contribution in [-0.2, 0) is 9.63 Å². The third-order valence-electron chi connectivity index (χ3n) is 3.83. The lowest BCUT2D eigenvalue weighted by Gasteiger charge is -2.50. The van der Waals surface area contributed by atoms with Gasteiger partial charge in [-0.2, -0.15) is 0 Å². The van der Waals surface area contributed by atoms with E-state index in [1.165, 1.54) is 6.42 Å². The second-order valence-corrected chi connectivity index (χ2v) is 8.36. The minimum absolute atomic E-state index is 0.115. The zero-order chi connectivity index (χ0) is 15.6. The molecule has 0 bridgehead atoms. The van der Waals surface area contributed by atoms with Gasteiger partial charge in [0.1, 0.15) is 0 Å². The van der Waals surface area contributed by atoms with Crippen molar-refractivity contribution >= 4 is 29.5 Å². The lowest BCUT2D eigenvalue weighted by Crippen LogP contribution is -2.58. The van der Waals surface area contributed by atoms with Crippen LogP contribution in [0.3, 0.4) is 0 Å². The number of carbonyl (C=O) groups excluding carboxylic acids is 1. The molecule has 1 fully saturated rings. The fourth-order valence-corrected chi connectivity index (χ4v) is 4.29. The predicted octanol–water partition coefficient (Wildman–Crippen LogP) is 4.45. The first kappa shape index (κ1) is 17.9. The van der Waals surface area contributed by atoms with Crippen LogP contribution in [0.15, 0.2) is 9.81 Å². The quantitative estimate of drug-likeness (QED) is 0.715. The van der Waals surface area contributed by atoms with Crippen molar-refractivity contribution < 1.29 is 9.63 Å². The minimum atomic E-state index is -0.230. The highest BCUT2D eigenvalue weighted by atomic mass is 32.2. The normalized spacial score (nSPS) is 21.4. The summed E-state index contributed by atoms with van der Waals surface area (Å²) >= 11 is 3.18. The number of hydrogen-bond acceptors (Lipinski definition) is 5. The van der Waals surface area contributed by atoms with E-state index >= 15 is 0 Å². The molecule has 1 aliphatic rings. The van der Waals surface area contributed by atoms with Gasteiger partial charge in [-0.15, -0.1) is 28.6 Å². The zero-order valence-electron chi connectivity index (χ0n) is 13.7. The fourth-order valence-electron chi connectivity index (χ4n) is 2.85. The number of piperidine rings is 1. The van der Waals surface area contributed by atoms with Gasteiger partial charge in [-0.3, -0.25) is 0 Å². The van der Waals surface area contributed by atoms with Crippen molar-refractivity contribution in [1.29, 1.82) is 0 Å². The second-order valence-electron chi connectivity index (χ2n) is 6.47. The third-order valence-corrected chi connectivity index (χ3v) is 6.19. The summed E-state index contributed by atoms with van der Waals surface area (Å²) in [5.41, 5.74) is 0.467. The molecule has 0 aromatic heterocycles. The van der Waals surface area contributed by atoms with Crippen molar-refractivity contribution in [3.05, 3.63) is 9.81 Å². The van der Waals surface area contributed by atoms with E-state index in [0.717, 1.165) is 17.1 Å². The van der Waals surface area contributed by atoms with E-state index in [1.54, 1.807) is 23.5 Å². The van der Waals surface area contributed by atoms with E-state index in [2.05, 4.69) is 27.7 Å². The number of thioether (sulfide) groups is 2. The molecule has 0 radical (unpaired) electrons. The largest absolute Gasteiger partial charge is 0.363 e. The molecule has 1 aliphatic heterocycles. The molecular formula is C15H27NO2S2. The van der Waals surface area contributed by atoms with Crippen LogP contribution in [0.1, 0.15) is 53.9 Å². The fraction of sp³-hybridized carbons (Fsp3) is 0.800. The molecule has 116 valence electrons. The van der Waals surface area contributed by atoms with Gasteiger partial charge in [-0.1, -0.05) is 0 Å². The number of hydrogen-bond donors (Lipinski definition) is 0. The molecule has 0 N–H and O–H groups in total. The zero-order valence-corrected chi connectivity index (χ0v) is 15.3. The Morgan fingerprint density at radius 1 is 1.05 bits per heavy atom.